The van der Waals surface area contributed by atoms with Gasteiger partial charge in [0, 0.05) is 6.20 Å². The van der Waals surface area contributed by atoms with Crippen LogP contribution in [0.2, 0.25) is 0 Å². The topological polar surface area (TPSA) is 134 Å². The first kappa shape index (κ1) is 25.5. The van der Waals surface area contributed by atoms with Gasteiger partial charge in [-0.3, -0.25) is 4.57 Å². The van der Waals surface area contributed by atoms with E-state index in [-0.39, 0.29) is 17.3 Å². The molecule has 0 saturated carbocycles. The molecular formula is C26H27N5O6S. The maximum atomic E-state index is 13.6. The molecule has 0 unspecified atom stereocenters. The van der Waals surface area contributed by atoms with Gasteiger partial charge in [0.2, 0.25) is 5.82 Å². The molecule has 1 aromatic carbocycles. The maximum Gasteiger partial charge on any atom is 0.204 e. The largest absolute Gasteiger partial charge is 0.494 e. The fourth-order valence-corrected chi connectivity index (χ4v) is 5.60. The number of furan rings is 1. The van der Waals surface area contributed by atoms with Gasteiger partial charge in [-0.05, 0) is 56.3 Å². The van der Waals surface area contributed by atoms with Crippen LogP contribution in [-0.4, -0.2) is 57.4 Å². The van der Waals surface area contributed by atoms with Gasteiger partial charge < -0.3 is 19.0 Å². The lowest BCUT2D eigenvalue weighted by molar-refractivity contribution is 0.170. The Bertz CT molecular complexity index is 1650. The van der Waals surface area contributed by atoms with Gasteiger partial charge in [0.05, 0.1) is 30.7 Å². The fraction of sp³-hybridized carbons (Fsp3) is 0.269. The number of methoxy groups -OCH3 is 2. The lowest BCUT2D eigenvalue weighted by Gasteiger charge is -2.19. The van der Waals surface area contributed by atoms with E-state index in [2.05, 4.69) is 15.3 Å². The summed E-state index contributed by atoms with van der Waals surface area (Å²) >= 11 is 0. The number of hydrogen-bond acceptors (Lipinski definition) is 9. The van der Waals surface area contributed by atoms with Gasteiger partial charge in [0.1, 0.15) is 34.8 Å². The van der Waals surface area contributed by atoms with Crippen LogP contribution < -0.4 is 9.47 Å². The SMILES string of the molecule is COc1cccc(OC)c1-n1c(CS(=O)(=O)[C@H](C)[C@H](O)c2cc3ccccn3n2)nnc1-c1ccc(C)o1. The molecule has 5 rings (SSSR count). The van der Waals surface area contributed by atoms with Crippen molar-refractivity contribution < 1.29 is 27.4 Å². The average Bonchev–Trinajstić information content (AvgIpc) is 3.65. The minimum Gasteiger partial charge on any atom is -0.494 e. The highest BCUT2D eigenvalue weighted by molar-refractivity contribution is 7.91. The van der Waals surface area contributed by atoms with Crippen molar-refractivity contribution in [1.82, 2.24) is 24.4 Å². The van der Waals surface area contributed by atoms with Crippen molar-refractivity contribution in [3.63, 3.8) is 0 Å². The van der Waals surface area contributed by atoms with Crippen molar-refractivity contribution in [2.45, 2.75) is 31.0 Å². The summed E-state index contributed by atoms with van der Waals surface area (Å²) in [6.07, 6.45) is 0.371. The molecule has 0 aliphatic rings. The minimum absolute atomic E-state index is 0.103. The van der Waals surface area contributed by atoms with Crippen molar-refractivity contribution in [3.05, 3.63) is 78.1 Å². The van der Waals surface area contributed by atoms with Gasteiger partial charge in [-0.15, -0.1) is 10.2 Å². The summed E-state index contributed by atoms with van der Waals surface area (Å²) in [5.74, 6) is 1.75. The number of rotatable bonds is 9. The number of benzene rings is 1. The van der Waals surface area contributed by atoms with Crippen molar-refractivity contribution in [3.8, 4) is 28.8 Å². The van der Waals surface area contributed by atoms with Crippen LogP contribution in [0.25, 0.3) is 22.8 Å². The molecule has 1 N–H and O–H groups in total. The Morgan fingerprint density at radius 1 is 1.03 bits per heavy atom. The molecule has 4 heterocycles. The summed E-state index contributed by atoms with van der Waals surface area (Å²) in [6.45, 7) is 3.24. The molecule has 38 heavy (non-hydrogen) atoms. The zero-order chi connectivity index (χ0) is 27.0. The second-order valence-electron chi connectivity index (χ2n) is 8.79. The van der Waals surface area contributed by atoms with Gasteiger partial charge in [-0.25, -0.2) is 12.9 Å². The van der Waals surface area contributed by atoms with Crippen LogP contribution >= 0.6 is 0 Å². The Morgan fingerprint density at radius 2 is 1.76 bits per heavy atom. The number of pyridine rings is 1. The number of fused-ring (bicyclic) bond motifs is 1. The number of sulfone groups is 1. The molecule has 0 aliphatic carbocycles. The Kier molecular flexibility index (Phi) is 6.67. The van der Waals surface area contributed by atoms with Crippen molar-refractivity contribution in [2.24, 2.45) is 0 Å². The smallest absolute Gasteiger partial charge is 0.204 e. The Morgan fingerprint density at radius 3 is 2.39 bits per heavy atom. The van der Waals surface area contributed by atoms with Crippen LogP contribution in [0.1, 0.15) is 30.3 Å². The molecule has 0 radical (unpaired) electrons. The number of aryl methyl sites for hydroxylation is 1. The Hall–Kier alpha value is -4.16. The maximum absolute atomic E-state index is 13.6. The molecule has 0 saturated heterocycles. The van der Waals surface area contributed by atoms with E-state index in [0.717, 1.165) is 5.52 Å². The number of hydrogen-bond donors (Lipinski definition) is 1. The molecule has 0 fully saturated rings. The zero-order valence-corrected chi connectivity index (χ0v) is 22.1. The monoisotopic (exact) mass is 537 g/mol. The van der Waals surface area contributed by atoms with Gasteiger partial charge in [-0.2, -0.15) is 5.10 Å². The summed E-state index contributed by atoms with van der Waals surface area (Å²) in [4.78, 5) is 0. The van der Waals surface area contributed by atoms with Gasteiger partial charge in [0.25, 0.3) is 0 Å². The van der Waals surface area contributed by atoms with E-state index in [0.29, 0.717) is 28.7 Å². The summed E-state index contributed by atoms with van der Waals surface area (Å²) in [6, 6.07) is 15.8. The summed E-state index contributed by atoms with van der Waals surface area (Å²) in [5.41, 5.74) is 1.42. The van der Waals surface area contributed by atoms with Gasteiger partial charge >= 0.3 is 0 Å². The molecule has 0 amide bonds. The predicted octanol–water partition coefficient (Wildman–Crippen LogP) is 3.54. The second kappa shape index (κ2) is 9.95. The normalized spacial score (nSPS) is 13.5. The third kappa shape index (κ3) is 4.52. The first-order valence-electron chi connectivity index (χ1n) is 11.8. The summed E-state index contributed by atoms with van der Waals surface area (Å²) in [7, 11) is -0.960. The molecule has 4 aromatic heterocycles. The van der Waals surface area contributed by atoms with Crippen LogP contribution in [0.5, 0.6) is 11.5 Å². The second-order valence-corrected chi connectivity index (χ2v) is 11.2. The molecule has 0 spiro atoms. The van der Waals surface area contributed by atoms with E-state index >= 15 is 0 Å². The molecule has 11 nitrogen and oxygen atoms in total. The van der Waals surface area contributed by atoms with E-state index in [1.807, 2.05) is 12.1 Å². The molecular weight excluding hydrogens is 510 g/mol. The highest BCUT2D eigenvalue weighted by Gasteiger charge is 2.34. The number of ether oxygens (including phenoxy) is 2. The van der Waals surface area contributed by atoms with Crippen molar-refractivity contribution in [1.29, 1.82) is 0 Å². The van der Waals surface area contributed by atoms with E-state index in [9.17, 15) is 13.5 Å². The summed E-state index contributed by atoms with van der Waals surface area (Å²) in [5, 5.41) is 22.6. The van der Waals surface area contributed by atoms with Crippen LogP contribution in [0.3, 0.4) is 0 Å². The minimum atomic E-state index is -3.97. The molecule has 2 atom stereocenters. The lowest BCUT2D eigenvalue weighted by atomic mass is 10.2. The first-order valence-corrected chi connectivity index (χ1v) is 13.5. The van der Waals surface area contributed by atoms with Gasteiger partial charge in [-0.1, -0.05) is 12.1 Å². The van der Waals surface area contributed by atoms with Crippen molar-refractivity contribution in [2.75, 3.05) is 14.2 Å². The Balaban J connectivity index is 1.58. The van der Waals surface area contributed by atoms with Crippen LogP contribution in [-0.2, 0) is 15.6 Å². The lowest BCUT2D eigenvalue weighted by Crippen LogP contribution is -2.28. The zero-order valence-electron chi connectivity index (χ0n) is 21.3. The van der Waals surface area contributed by atoms with Crippen molar-refractivity contribution >= 4 is 15.4 Å². The van der Waals surface area contributed by atoms with Crippen LogP contribution in [0, 0.1) is 6.92 Å². The average molecular weight is 538 g/mol. The van der Waals surface area contributed by atoms with E-state index in [4.69, 9.17) is 13.9 Å². The highest BCUT2D eigenvalue weighted by Crippen LogP contribution is 2.37. The summed E-state index contributed by atoms with van der Waals surface area (Å²) < 4.78 is 47.3. The molecule has 0 bridgehead atoms. The highest BCUT2D eigenvalue weighted by atomic mass is 32.2. The fourth-order valence-electron chi connectivity index (χ4n) is 4.26. The molecule has 0 aliphatic heterocycles. The number of aliphatic hydroxyl groups is 1. The number of nitrogens with zero attached hydrogens (tertiary/aromatic N) is 5. The standard InChI is InChI=1S/C26H27N5O6S/c1-16-11-12-22(37-16)26-28-27-23(31(26)24-20(35-3)9-7-10-21(24)36-4)15-38(33,34)17(2)25(32)19-14-18-8-5-6-13-30(18)29-19/h5-14,17,25,32H,15H2,1-4H3/t17-,25+/m1/s1. The quantitative estimate of drug-likeness (QED) is 0.300. The van der Waals surface area contributed by atoms with E-state index < -0.39 is 26.9 Å². The Labute approximate surface area is 219 Å². The molecule has 5 aromatic rings. The molecule has 12 heteroatoms. The first-order chi connectivity index (χ1) is 18.2. The van der Waals surface area contributed by atoms with E-state index in [1.165, 1.54) is 21.1 Å². The van der Waals surface area contributed by atoms with Crippen LogP contribution in [0.4, 0.5) is 0 Å². The third-order valence-electron chi connectivity index (χ3n) is 6.35. The third-order valence-corrected chi connectivity index (χ3v) is 8.40. The van der Waals surface area contributed by atoms with Gasteiger partial charge in [0.15, 0.2) is 21.4 Å². The van der Waals surface area contributed by atoms with E-state index in [1.54, 1.807) is 64.7 Å². The van der Waals surface area contributed by atoms with Crippen LogP contribution in [0.15, 0.2) is 65.2 Å². The number of aromatic nitrogens is 5. The molecule has 198 valence electrons. The number of aliphatic hydroxyl groups excluding tert-OH is 1. The number of para-hydroxylation sites is 1. The predicted molar refractivity (Wildman–Crippen MR) is 139 cm³/mol.